The molecule has 2 saturated carbocycles. The molecule has 0 amide bonds. The summed E-state index contributed by atoms with van der Waals surface area (Å²) in [6.07, 6.45) is 4.66. The predicted molar refractivity (Wildman–Crippen MR) is 51.2 cm³/mol. The van der Waals surface area contributed by atoms with Crippen molar-refractivity contribution in [2.45, 2.75) is 38.7 Å². The molecule has 0 aromatic rings. The molecule has 0 spiro atoms. The van der Waals surface area contributed by atoms with E-state index in [-0.39, 0.29) is 6.61 Å². The van der Waals surface area contributed by atoms with Crippen molar-refractivity contribution in [3.63, 3.8) is 0 Å². The predicted octanol–water partition coefficient (Wildman–Crippen LogP) is 1.41. The summed E-state index contributed by atoms with van der Waals surface area (Å²) in [5, 5.41) is 18.7. The molecule has 2 N–H and O–H groups in total. The number of hydrogen-bond acceptors (Lipinski definition) is 2. The molecule has 5 atom stereocenters. The molecule has 0 aliphatic heterocycles. The van der Waals surface area contributed by atoms with Crippen LogP contribution < -0.4 is 0 Å². The Balaban J connectivity index is 2.08. The van der Waals surface area contributed by atoms with Gasteiger partial charge >= 0.3 is 0 Å². The highest BCUT2D eigenvalue weighted by Gasteiger charge is 2.48. The molecule has 0 saturated heterocycles. The lowest BCUT2D eigenvalue weighted by Gasteiger charge is -2.33. The van der Waals surface area contributed by atoms with Gasteiger partial charge in [-0.2, -0.15) is 0 Å². The third-order valence-corrected chi connectivity index (χ3v) is 4.26. The summed E-state index contributed by atoms with van der Waals surface area (Å²) in [5.74, 6) is 2.63. The molecule has 2 bridgehead atoms. The third kappa shape index (κ3) is 1.40. The van der Waals surface area contributed by atoms with Crippen LogP contribution in [0.3, 0.4) is 0 Å². The topological polar surface area (TPSA) is 40.5 Å². The summed E-state index contributed by atoms with van der Waals surface area (Å²) < 4.78 is 0. The first-order valence-corrected chi connectivity index (χ1v) is 5.56. The van der Waals surface area contributed by atoms with Crippen molar-refractivity contribution < 1.29 is 10.2 Å². The van der Waals surface area contributed by atoms with E-state index in [0.717, 1.165) is 5.92 Å². The molecule has 0 unspecified atom stereocenters. The summed E-state index contributed by atoms with van der Waals surface area (Å²) in [4.78, 5) is 0. The second-order valence-corrected chi connectivity index (χ2v) is 4.73. The summed E-state index contributed by atoms with van der Waals surface area (Å²) in [5.41, 5.74) is 0. The van der Waals surface area contributed by atoms with Gasteiger partial charge in [0.25, 0.3) is 0 Å². The van der Waals surface area contributed by atoms with Gasteiger partial charge in [-0.1, -0.05) is 13.3 Å². The van der Waals surface area contributed by atoms with Gasteiger partial charge in [0.05, 0.1) is 12.7 Å². The van der Waals surface area contributed by atoms with Crippen LogP contribution in [0.2, 0.25) is 0 Å². The van der Waals surface area contributed by atoms with Gasteiger partial charge in [-0.3, -0.25) is 0 Å². The summed E-state index contributed by atoms with van der Waals surface area (Å²) >= 11 is 0. The molecular formula is C11H20O2. The van der Waals surface area contributed by atoms with Crippen LogP contribution in [0.15, 0.2) is 0 Å². The van der Waals surface area contributed by atoms with Crippen LogP contribution in [-0.2, 0) is 0 Å². The van der Waals surface area contributed by atoms with Gasteiger partial charge in [0.15, 0.2) is 0 Å². The SMILES string of the molecule is CC[C@H]1[C@@H]2CC[C@@H](C2)[C@@H]1[C@H](O)CO. The average molecular weight is 184 g/mol. The van der Waals surface area contributed by atoms with Crippen molar-refractivity contribution in [3.05, 3.63) is 0 Å². The zero-order valence-corrected chi connectivity index (χ0v) is 8.32. The highest BCUT2D eigenvalue weighted by molar-refractivity contribution is 4.98. The molecule has 2 fully saturated rings. The summed E-state index contributed by atoms with van der Waals surface area (Å²) in [6, 6.07) is 0. The van der Waals surface area contributed by atoms with Gasteiger partial charge < -0.3 is 10.2 Å². The molecule has 2 heteroatoms. The standard InChI is InChI=1S/C11H20O2/c1-2-9-7-3-4-8(5-7)11(9)10(13)6-12/h7-13H,2-6H2,1H3/t7-,8+,9+,10-,11+/m1/s1. The average Bonchev–Trinajstić information content (AvgIpc) is 2.74. The second-order valence-electron chi connectivity index (χ2n) is 4.73. The first kappa shape index (κ1) is 9.47. The zero-order chi connectivity index (χ0) is 9.42. The van der Waals surface area contributed by atoms with E-state index in [9.17, 15) is 5.11 Å². The molecule has 2 nitrogen and oxygen atoms in total. The van der Waals surface area contributed by atoms with E-state index >= 15 is 0 Å². The number of aliphatic hydroxyl groups is 2. The lowest BCUT2D eigenvalue weighted by molar-refractivity contribution is -0.000733. The Kier molecular flexibility index (Phi) is 2.61. The van der Waals surface area contributed by atoms with Crippen molar-refractivity contribution in [1.82, 2.24) is 0 Å². The van der Waals surface area contributed by atoms with Crippen molar-refractivity contribution in [3.8, 4) is 0 Å². The van der Waals surface area contributed by atoms with Gasteiger partial charge in [0, 0.05) is 0 Å². The maximum Gasteiger partial charge on any atom is 0.0804 e. The summed E-state index contributed by atoms with van der Waals surface area (Å²) in [7, 11) is 0. The second kappa shape index (κ2) is 3.58. The Bertz CT molecular complexity index is 181. The molecule has 76 valence electrons. The van der Waals surface area contributed by atoms with E-state index in [1.807, 2.05) is 0 Å². The summed E-state index contributed by atoms with van der Waals surface area (Å²) in [6.45, 7) is 2.16. The Morgan fingerprint density at radius 1 is 1.31 bits per heavy atom. The molecule has 13 heavy (non-hydrogen) atoms. The van der Waals surface area contributed by atoms with Crippen LogP contribution >= 0.6 is 0 Å². The van der Waals surface area contributed by atoms with Crippen molar-refractivity contribution >= 4 is 0 Å². The number of rotatable bonds is 3. The van der Waals surface area contributed by atoms with Crippen LogP contribution in [0.4, 0.5) is 0 Å². The fourth-order valence-corrected chi connectivity index (χ4v) is 3.78. The zero-order valence-electron chi connectivity index (χ0n) is 8.32. The van der Waals surface area contributed by atoms with Crippen molar-refractivity contribution in [2.24, 2.45) is 23.7 Å². The monoisotopic (exact) mass is 184 g/mol. The number of hydrogen-bond donors (Lipinski definition) is 2. The normalized spacial score (nSPS) is 45.5. The van der Waals surface area contributed by atoms with Crippen LogP contribution in [0.1, 0.15) is 32.6 Å². The van der Waals surface area contributed by atoms with Crippen LogP contribution in [0.25, 0.3) is 0 Å². The minimum absolute atomic E-state index is 0.0512. The molecule has 0 aromatic carbocycles. The highest BCUT2D eigenvalue weighted by Crippen LogP contribution is 2.54. The first-order valence-electron chi connectivity index (χ1n) is 5.56. The smallest absolute Gasteiger partial charge is 0.0804 e. The highest BCUT2D eigenvalue weighted by atomic mass is 16.3. The van der Waals surface area contributed by atoms with Gasteiger partial charge in [0.2, 0.25) is 0 Å². The van der Waals surface area contributed by atoms with Crippen LogP contribution in [0.5, 0.6) is 0 Å². The van der Waals surface area contributed by atoms with E-state index in [4.69, 9.17) is 5.11 Å². The minimum atomic E-state index is -0.458. The van der Waals surface area contributed by atoms with Crippen molar-refractivity contribution in [1.29, 1.82) is 0 Å². The largest absolute Gasteiger partial charge is 0.394 e. The van der Waals surface area contributed by atoms with E-state index < -0.39 is 6.10 Å². The molecular weight excluding hydrogens is 164 g/mol. The quantitative estimate of drug-likeness (QED) is 0.696. The molecule has 0 aromatic heterocycles. The van der Waals surface area contributed by atoms with Gasteiger partial charge in [0.1, 0.15) is 0 Å². The van der Waals surface area contributed by atoms with Crippen molar-refractivity contribution in [2.75, 3.05) is 6.61 Å². The lowest BCUT2D eigenvalue weighted by atomic mass is 9.75. The minimum Gasteiger partial charge on any atom is -0.394 e. The van der Waals surface area contributed by atoms with E-state index in [1.54, 1.807) is 0 Å². The number of fused-ring (bicyclic) bond motifs is 2. The fourth-order valence-electron chi connectivity index (χ4n) is 3.78. The van der Waals surface area contributed by atoms with E-state index in [0.29, 0.717) is 17.8 Å². The Labute approximate surface area is 80.0 Å². The Morgan fingerprint density at radius 3 is 2.62 bits per heavy atom. The molecule has 2 aliphatic carbocycles. The Hall–Kier alpha value is -0.0800. The van der Waals surface area contributed by atoms with Gasteiger partial charge in [-0.05, 0) is 42.9 Å². The van der Waals surface area contributed by atoms with Gasteiger partial charge in [-0.15, -0.1) is 0 Å². The Morgan fingerprint density at radius 2 is 2.00 bits per heavy atom. The lowest BCUT2D eigenvalue weighted by Crippen LogP contribution is -2.34. The number of aliphatic hydroxyl groups excluding tert-OH is 2. The molecule has 2 rings (SSSR count). The van der Waals surface area contributed by atoms with E-state index in [2.05, 4.69) is 6.92 Å². The van der Waals surface area contributed by atoms with Gasteiger partial charge in [-0.25, -0.2) is 0 Å². The molecule has 0 heterocycles. The first-order chi connectivity index (χ1) is 6.27. The third-order valence-electron chi connectivity index (χ3n) is 4.26. The molecule has 0 radical (unpaired) electrons. The fraction of sp³-hybridized carbons (Fsp3) is 1.00. The van der Waals surface area contributed by atoms with Crippen LogP contribution in [-0.4, -0.2) is 22.9 Å². The van der Waals surface area contributed by atoms with Crippen LogP contribution in [0, 0.1) is 23.7 Å². The van der Waals surface area contributed by atoms with E-state index in [1.165, 1.54) is 25.7 Å². The maximum atomic E-state index is 9.73. The molecule has 2 aliphatic rings. The maximum absolute atomic E-state index is 9.73.